The topological polar surface area (TPSA) is 61.4 Å². The Morgan fingerprint density at radius 3 is 2.45 bits per heavy atom. The maximum atomic E-state index is 10.8. The number of carbonyl (C=O) groups is 1. The third-order valence-corrected chi connectivity index (χ3v) is 1.82. The lowest BCUT2D eigenvalue weighted by Crippen LogP contribution is -2.36. The fourth-order valence-corrected chi connectivity index (χ4v) is 1.18. The molecule has 0 spiro atoms. The van der Waals surface area contributed by atoms with E-state index in [0.29, 0.717) is 0 Å². The quantitative estimate of drug-likeness (QED) is 0.391. The Kier molecular flexibility index (Phi) is 5.19. The summed E-state index contributed by atoms with van der Waals surface area (Å²) in [6, 6.07) is 0. The van der Waals surface area contributed by atoms with Gasteiger partial charge in [0.05, 0.1) is 0 Å². The van der Waals surface area contributed by atoms with Gasteiger partial charge in [-0.25, -0.2) is 5.48 Å². The smallest absolute Gasteiger partial charge is 0.246 e. The van der Waals surface area contributed by atoms with E-state index in [1.807, 2.05) is 0 Å². The zero-order chi connectivity index (χ0) is 7.40. The molecule has 1 amide bonds. The minimum atomic E-state index is -0.249. The molecule has 1 saturated heterocycles. The van der Waals surface area contributed by atoms with Gasteiger partial charge in [0, 0.05) is 5.92 Å². The predicted octanol–water partition coefficient (Wildman–Crippen LogP) is -0.0868. The average Bonchev–Trinajstić information content (AvgIpc) is 2.05. The van der Waals surface area contributed by atoms with Crippen LogP contribution >= 0.6 is 12.4 Å². The van der Waals surface area contributed by atoms with E-state index in [9.17, 15) is 4.79 Å². The first-order valence-corrected chi connectivity index (χ1v) is 3.49. The number of rotatable bonds is 1. The summed E-state index contributed by atoms with van der Waals surface area (Å²) in [6.07, 6.45) is 1.65. The van der Waals surface area contributed by atoms with Crippen LogP contribution in [0.5, 0.6) is 0 Å². The summed E-state index contributed by atoms with van der Waals surface area (Å²) in [5, 5.41) is 11.4. The molecule has 1 heterocycles. The second-order valence-electron chi connectivity index (χ2n) is 2.50. The highest BCUT2D eigenvalue weighted by Gasteiger charge is 2.19. The lowest BCUT2D eigenvalue weighted by Gasteiger charge is -2.19. The van der Waals surface area contributed by atoms with Crippen molar-refractivity contribution in [1.29, 1.82) is 0 Å². The Morgan fingerprint density at radius 1 is 1.45 bits per heavy atom. The molecule has 0 aliphatic carbocycles. The minimum absolute atomic E-state index is 0. The molecule has 0 aromatic rings. The monoisotopic (exact) mass is 180 g/mol. The fraction of sp³-hybridized carbons (Fsp3) is 0.833. The standard InChI is InChI=1S/C6H12N2O2.ClH/c9-6(8-10)5-1-3-7-4-2-5;/h5,7,10H,1-4H2,(H,8,9);1H. The van der Waals surface area contributed by atoms with E-state index < -0.39 is 0 Å². The molecule has 1 aliphatic rings. The number of amides is 1. The Labute approximate surface area is 71.7 Å². The highest BCUT2D eigenvalue weighted by molar-refractivity contribution is 5.85. The van der Waals surface area contributed by atoms with Gasteiger partial charge in [-0.2, -0.15) is 0 Å². The summed E-state index contributed by atoms with van der Waals surface area (Å²) < 4.78 is 0. The molecular weight excluding hydrogens is 168 g/mol. The molecule has 66 valence electrons. The molecular formula is C6H13ClN2O2. The molecule has 1 rings (SSSR count). The van der Waals surface area contributed by atoms with Crippen LogP contribution in [0.1, 0.15) is 12.8 Å². The number of piperidine rings is 1. The Balaban J connectivity index is 0.000001000. The van der Waals surface area contributed by atoms with Gasteiger partial charge >= 0.3 is 0 Å². The molecule has 0 aromatic carbocycles. The molecule has 0 aromatic heterocycles. The van der Waals surface area contributed by atoms with Gasteiger partial charge in [0.2, 0.25) is 5.91 Å². The second kappa shape index (κ2) is 5.35. The Bertz CT molecular complexity index is 126. The van der Waals surface area contributed by atoms with Crippen LogP contribution in [-0.4, -0.2) is 24.2 Å². The van der Waals surface area contributed by atoms with Crippen LogP contribution in [0, 0.1) is 5.92 Å². The highest BCUT2D eigenvalue weighted by Crippen LogP contribution is 2.10. The van der Waals surface area contributed by atoms with Crippen LogP contribution in [0.25, 0.3) is 0 Å². The maximum absolute atomic E-state index is 10.8. The van der Waals surface area contributed by atoms with E-state index >= 15 is 0 Å². The summed E-state index contributed by atoms with van der Waals surface area (Å²) in [6.45, 7) is 1.75. The SMILES string of the molecule is Cl.O=C(NO)C1CCNCC1. The molecule has 0 atom stereocenters. The third-order valence-electron chi connectivity index (χ3n) is 1.82. The summed E-state index contributed by atoms with van der Waals surface area (Å²) in [7, 11) is 0. The number of hydrogen-bond donors (Lipinski definition) is 3. The molecule has 0 unspecified atom stereocenters. The number of halogens is 1. The van der Waals surface area contributed by atoms with Crippen molar-refractivity contribution >= 4 is 18.3 Å². The molecule has 4 nitrogen and oxygen atoms in total. The number of hydroxylamine groups is 1. The van der Waals surface area contributed by atoms with Crippen molar-refractivity contribution < 1.29 is 10.0 Å². The molecule has 3 N–H and O–H groups in total. The number of carbonyl (C=O) groups excluding carboxylic acids is 1. The molecule has 5 heteroatoms. The summed E-state index contributed by atoms with van der Waals surface area (Å²) in [5.41, 5.74) is 1.67. The molecule has 0 radical (unpaired) electrons. The van der Waals surface area contributed by atoms with Crippen LogP contribution in [0.15, 0.2) is 0 Å². The first kappa shape index (κ1) is 10.7. The van der Waals surface area contributed by atoms with E-state index in [0.717, 1.165) is 25.9 Å². The molecule has 1 aliphatic heterocycles. The zero-order valence-electron chi connectivity index (χ0n) is 6.17. The van der Waals surface area contributed by atoms with Gasteiger partial charge in [0.25, 0.3) is 0 Å². The van der Waals surface area contributed by atoms with Crippen molar-refractivity contribution in [3.05, 3.63) is 0 Å². The Hall–Kier alpha value is -0.320. The first-order valence-electron chi connectivity index (χ1n) is 3.49. The average molecular weight is 181 g/mol. The molecule has 11 heavy (non-hydrogen) atoms. The van der Waals surface area contributed by atoms with Crippen molar-refractivity contribution in [1.82, 2.24) is 10.8 Å². The van der Waals surface area contributed by atoms with Gasteiger partial charge in [0.1, 0.15) is 0 Å². The number of hydrogen-bond acceptors (Lipinski definition) is 3. The summed E-state index contributed by atoms with van der Waals surface area (Å²) in [4.78, 5) is 10.8. The maximum Gasteiger partial charge on any atom is 0.246 e. The van der Waals surface area contributed by atoms with Crippen LogP contribution in [0.2, 0.25) is 0 Å². The zero-order valence-corrected chi connectivity index (χ0v) is 6.99. The normalized spacial score (nSPS) is 18.6. The highest BCUT2D eigenvalue weighted by atomic mass is 35.5. The van der Waals surface area contributed by atoms with Crippen LogP contribution < -0.4 is 10.8 Å². The lowest BCUT2D eigenvalue weighted by molar-refractivity contribution is -0.134. The van der Waals surface area contributed by atoms with Crippen molar-refractivity contribution in [2.75, 3.05) is 13.1 Å². The van der Waals surface area contributed by atoms with Crippen molar-refractivity contribution in [2.24, 2.45) is 5.92 Å². The fourth-order valence-electron chi connectivity index (χ4n) is 1.18. The second-order valence-corrected chi connectivity index (χ2v) is 2.50. The van der Waals surface area contributed by atoms with Crippen LogP contribution in [-0.2, 0) is 4.79 Å². The molecule has 0 bridgehead atoms. The van der Waals surface area contributed by atoms with Gasteiger partial charge in [0.15, 0.2) is 0 Å². The lowest BCUT2D eigenvalue weighted by atomic mass is 9.98. The van der Waals surface area contributed by atoms with Gasteiger partial charge in [-0.3, -0.25) is 10.0 Å². The van der Waals surface area contributed by atoms with E-state index in [1.165, 1.54) is 0 Å². The van der Waals surface area contributed by atoms with E-state index in [2.05, 4.69) is 5.32 Å². The van der Waals surface area contributed by atoms with E-state index in [1.54, 1.807) is 5.48 Å². The summed E-state index contributed by atoms with van der Waals surface area (Å²) in [5.74, 6) is -0.243. The van der Waals surface area contributed by atoms with Crippen molar-refractivity contribution in [3.8, 4) is 0 Å². The van der Waals surface area contributed by atoms with E-state index in [-0.39, 0.29) is 24.2 Å². The van der Waals surface area contributed by atoms with Crippen molar-refractivity contribution in [2.45, 2.75) is 12.8 Å². The third kappa shape index (κ3) is 3.05. The van der Waals surface area contributed by atoms with Crippen LogP contribution in [0.4, 0.5) is 0 Å². The van der Waals surface area contributed by atoms with E-state index in [4.69, 9.17) is 5.21 Å². The first-order chi connectivity index (χ1) is 4.84. The van der Waals surface area contributed by atoms with Crippen molar-refractivity contribution in [3.63, 3.8) is 0 Å². The predicted molar refractivity (Wildman–Crippen MR) is 42.8 cm³/mol. The number of nitrogens with one attached hydrogen (secondary N) is 2. The summed E-state index contributed by atoms with van der Waals surface area (Å²) >= 11 is 0. The van der Waals surface area contributed by atoms with Gasteiger partial charge in [-0.05, 0) is 25.9 Å². The van der Waals surface area contributed by atoms with Gasteiger partial charge in [-0.1, -0.05) is 0 Å². The Morgan fingerprint density at radius 2 is 2.00 bits per heavy atom. The molecule has 1 fully saturated rings. The van der Waals surface area contributed by atoms with Gasteiger partial charge < -0.3 is 5.32 Å². The van der Waals surface area contributed by atoms with Gasteiger partial charge in [-0.15, -0.1) is 12.4 Å². The van der Waals surface area contributed by atoms with Crippen LogP contribution in [0.3, 0.4) is 0 Å². The minimum Gasteiger partial charge on any atom is -0.317 e. The largest absolute Gasteiger partial charge is 0.317 e. The molecule has 0 saturated carbocycles.